The molecule has 0 bridgehead atoms. The summed E-state index contributed by atoms with van der Waals surface area (Å²) in [6.07, 6.45) is 0. The summed E-state index contributed by atoms with van der Waals surface area (Å²) in [7, 11) is -3.48. The number of aryl methyl sites for hydroxylation is 1. The Hall–Kier alpha value is 0.0500. The van der Waals surface area contributed by atoms with Gasteiger partial charge in [0.2, 0.25) is 10.0 Å². The molecular formula is C12H20BrNO3S2. The lowest BCUT2D eigenvalue weighted by Gasteiger charge is -2.21. The summed E-state index contributed by atoms with van der Waals surface area (Å²) in [5.41, 5.74) is 0.927. The Morgan fingerprint density at radius 2 is 2.11 bits per heavy atom. The number of ether oxygens (including phenoxy) is 1. The van der Waals surface area contributed by atoms with E-state index >= 15 is 0 Å². The van der Waals surface area contributed by atoms with Crippen molar-refractivity contribution < 1.29 is 13.2 Å². The Labute approximate surface area is 127 Å². The third kappa shape index (κ3) is 4.82. The van der Waals surface area contributed by atoms with Gasteiger partial charge in [-0.05, 0) is 47.3 Å². The first-order valence-electron chi connectivity index (χ1n) is 6.14. The van der Waals surface area contributed by atoms with E-state index in [0.717, 1.165) is 9.35 Å². The molecule has 0 aromatic carbocycles. The summed E-state index contributed by atoms with van der Waals surface area (Å²) >= 11 is 4.57. The minimum atomic E-state index is -3.48. The van der Waals surface area contributed by atoms with E-state index in [1.807, 2.05) is 27.7 Å². The smallest absolute Gasteiger partial charge is 0.250 e. The Bertz CT molecular complexity index is 492. The molecular weight excluding hydrogens is 350 g/mol. The van der Waals surface area contributed by atoms with Crippen LogP contribution in [0.5, 0.6) is 0 Å². The molecule has 1 rings (SSSR count). The van der Waals surface area contributed by atoms with Gasteiger partial charge in [-0.2, -0.15) is 0 Å². The fourth-order valence-electron chi connectivity index (χ4n) is 1.43. The molecule has 1 aromatic rings. The van der Waals surface area contributed by atoms with Crippen molar-refractivity contribution in [2.75, 3.05) is 13.2 Å². The first kappa shape index (κ1) is 17.1. The highest BCUT2D eigenvalue weighted by atomic mass is 79.9. The summed E-state index contributed by atoms with van der Waals surface area (Å²) < 4.78 is 33.8. The molecule has 0 aliphatic rings. The minimum absolute atomic E-state index is 0.172. The van der Waals surface area contributed by atoms with E-state index in [0.29, 0.717) is 17.4 Å². The van der Waals surface area contributed by atoms with Gasteiger partial charge < -0.3 is 4.74 Å². The van der Waals surface area contributed by atoms with Gasteiger partial charge in [-0.25, -0.2) is 13.1 Å². The normalized spacial score (nSPS) is 14.0. The number of hydrogen-bond donors (Lipinski definition) is 1. The van der Waals surface area contributed by atoms with Gasteiger partial charge in [0.1, 0.15) is 4.21 Å². The predicted octanol–water partition coefficient (Wildman–Crippen LogP) is 3.16. The van der Waals surface area contributed by atoms with Crippen molar-refractivity contribution in [1.82, 2.24) is 4.72 Å². The van der Waals surface area contributed by atoms with Crippen molar-refractivity contribution in [3.05, 3.63) is 15.4 Å². The summed E-state index contributed by atoms with van der Waals surface area (Å²) in [6.45, 7) is 8.68. The average Bonchev–Trinajstić information content (AvgIpc) is 2.65. The quantitative estimate of drug-likeness (QED) is 0.802. The highest BCUT2D eigenvalue weighted by Crippen LogP contribution is 2.30. The van der Waals surface area contributed by atoms with Crippen LogP contribution in [-0.2, 0) is 14.8 Å². The Balaban J connectivity index is 2.87. The Morgan fingerprint density at radius 1 is 1.47 bits per heavy atom. The third-order valence-electron chi connectivity index (χ3n) is 2.71. The molecule has 0 spiro atoms. The van der Waals surface area contributed by atoms with Gasteiger partial charge in [-0.1, -0.05) is 13.8 Å². The van der Waals surface area contributed by atoms with Crippen LogP contribution >= 0.6 is 27.3 Å². The highest BCUT2D eigenvalue weighted by molar-refractivity contribution is 9.11. The standard InChI is InChI=1S/C12H20BrNO3S2/c1-5-17-7-10(8(2)3)14-19(15,16)11-6-9(4)12(13)18-11/h6,8,10,14H,5,7H2,1-4H3. The molecule has 1 atom stereocenters. The molecule has 0 fully saturated rings. The monoisotopic (exact) mass is 369 g/mol. The topological polar surface area (TPSA) is 55.4 Å². The molecule has 19 heavy (non-hydrogen) atoms. The van der Waals surface area contributed by atoms with Crippen molar-refractivity contribution in [3.8, 4) is 0 Å². The maximum absolute atomic E-state index is 12.3. The van der Waals surface area contributed by atoms with E-state index in [9.17, 15) is 8.42 Å². The molecule has 0 saturated carbocycles. The molecule has 110 valence electrons. The Kier molecular flexibility index (Phi) is 6.46. The van der Waals surface area contributed by atoms with Gasteiger partial charge in [-0.15, -0.1) is 11.3 Å². The molecule has 0 aliphatic heterocycles. The van der Waals surface area contributed by atoms with Crippen LogP contribution in [0, 0.1) is 12.8 Å². The SMILES string of the molecule is CCOCC(NS(=O)(=O)c1cc(C)c(Br)s1)C(C)C. The molecule has 1 heterocycles. The van der Waals surface area contributed by atoms with Gasteiger partial charge in [0, 0.05) is 12.6 Å². The van der Waals surface area contributed by atoms with Crippen molar-refractivity contribution in [3.63, 3.8) is 0 Å². The van der Waals surface area contributed by atoms with Crippen LogP contribution in [0.25, 0.3) is 0 Å². The second-order valence-corrected chi connectivity index (χ2v) is 8.96. The molecule has 7 heteroatoms. The molecule has 1 aromatic heterocycles. The van der Waals surface area contributed by atoms with E-state index in [-0.39, 0.29) is 12.0 Å². The molecule has 4 nitrogen and oxygen atoms in total. The van der Waals surface area contributed by atoms with E-state index in [1.54, 1.807) is 6.07 Å². The number of rotatable bonds is 7. The largest absolute Gasteiger partial charge is 0.380 e. The Morgan fingerprint density at radius 3 is 2.53 bits per heavy atom. The van der Waals surface area contributed by atoms with E-state index < -0.39 is 10.0 Å². The maximum atomic E-state index is 12.3. The molecule has 0 amide bonds. The number of thiophene rings is 1. The number of nitrogens with one attached hydrogen (secondary N) is 1. The number of hydrogen-bond acceptors (Lipinski definition) is 4. The average molecular weight is 370 g/mol. The van der Waals surface area contributed by atoms with Gasteiger partial charge in [0.05, 0.1) is 10.4 Å². The van der Waals surface area contributed by atoms with Crippen LogP contribution in [0.15, 0.2) is 14.1 Å². The van der Waals surface area contributed by atoms with Crippen LogP contribution in [0.2, 0.25) is 0 Å². The molecule has 0 aliphatic carbocycles. The molecule has 1 unspecified atom stereocenters. The lowest BCUT2D eigenvalue weighted by molar-refractivity contribution is 0.116. The molecule has 0 saturated heterocycles. The van der Waals surface area contributed by atoms with Gasteiger partial charge in [-0.3, -0.25) is 0 Å². The minimum Gasteiger partial charge on any atom is -0.380 e. The van der Waals surface area contributed by atoms with Crippen molar-refractivity contribution in [2.24, 2.45) is 5.92 Å². The maximum Gasteiger partial charge on any atom is 0.250 e. The predicted molar refractivity (Wildman–Crippen MR) is 82.2 cm³/mol. The van der Waals surface area contributed by atoms with Gasteiger partial charge in [0.15, 0.2) is 0 Å². The molecule has 0 radical (unpaired) electrons. The van der Waals surface area contributed by atoms with Crippen molar-refractivity contribution >= 4 is 37.3 Å². The van der Waals surface area contributed by atoms with Crippen LogP contribution in [-0.4, -0.2) is 27.7 Å². The lowest BCUT2D eigenvalue weighted by Crippen LogP contribution is -2.41. The summed E-state index contributed by atoms with van der Waals surface area (Å²) in [6, 6.07) is 1.46. The fraction of sp³-hybridized carbons (Fsp3) is 0.667. The zero-order valence-corrected chi connectivity index (χ0v) is 14.8. The zero-order chi connectivity index (χ0) is 14.6. The van der Waals surface area contributed by atoms with Gasteiger partial charge >= 0.3 is 0 Å². The zero-order valence-electron chi connectivity index (χ0n) is 11.6. The number of sulfonamides is 1. The van der Waals surface area contributed by atoms with Crippen LogP contribution < -0.4 is 4.72 Å². The lowest BCUT2D eigenvalue weighted by atomic mass is 10.1. The summed E-state index contributed by atoms with van der Waals surface area (Å²) in [4.78, 5) is 0. The number of halogens is 1. The second kappa shape index (κ2) is 7.17. The summed E-state index contributed by atoms with van der Waals surface area (Å²) in [5.74, 6) is 0.172. The van der Waals surface area contributed by atoms with E-state index in [1.165, 1.54) is 11.3 Å². The van der Waals surface area contributed by atoms with Crippen LogP contribution in [0.4, 0.5) is 0 Å². The third-order valence-corrected chi connectivity index (χ3v) is 6.81. The summed E-state index contributed by atoms with van der Waals surface area (Å²) in [5, 5.41) is 0. The van der Waals surface area contributed by atoms with Gasteiger partial charge in [0.25, 0.3) is 0 Å². The first-order valence-corrected chi connectivity index (χ1v) is 9.23. The van der Waals surface area contributed by atoms with Crippen molar-refractivity contribution in [1.29, 1.82) is 0 Å². The van der Waals surface area contributed by atoms with Crippen LogP contribution in [0.1, 0.15) is 26.3 Å². The van der Waals surface area contributed by atoms with E-state index in [4.69, 9.17) is 4.74 Å². The highest BCUT2D eigenvalue weighted by Gasteiger charge is 2.24. The first-order chi connectivity index (χ1) is 8.77. The fourth-order valence-corrected chi connectivity index (χ4v) is 5.04. The second-order valence-electron chi connectivity index (χ2n) is 4.65. The van der Waals surface area contributed by atoms with E-state index in [2.05, 4.69) is 20.7 Å². The molecule has 1 N–H and O–H groups in total. The van der Waals surface area contributed by atoms with Crippen LogP contribution in [0.3, 0.4) is 0 Å². The van der Waals surface area contributed by atoms with Crippen molar-refractivity contribution in [2.45, 2.75) is 37.9 Å².